The third-order valence-corrected chi connectivity index (χ3v) is 6.17. The maximum atomic E-state index is 12.5. The smallest absolute Gasteiger partial charge is 0.317 e. The molecule has 0 bridgehead atoms. The van der Waals surface area contributed by atoms with Crippen LogP contribution in [0.3, 0.4) is 0 Å². The van der Waals surface area contributed by atoms with Gasteiger partial charge in [0.25, 0.3) is 0 Å². The van der Waals surface area contributed by atoms with Crippen LogP contribution in [-0.4, -0.2) is 54.0 Å². The monoisotopic (exact) mass is 363 g/mol. The van der Waals surface area contributed by atoms with Gasteiger partial charge in [0.1, 0.15) is 0 Å². The van der Waals surface area contributed by atoms with Gasteiger partial charge in [0.05, 0.1) is 0 Å². The van der Waals surface area contributed by atoms with E-state index >= 15 is 0 Å². The standard InChI is InChI=1S/C19H29N3O2S/c23-18(10-9-17-8-4-15-25-17)21-11-5-12-22(14-13-21)19(24)20-16-6-2-1-3-7-16/h4,8,15-16H,1-3,5-7,9-14H2,(H,20,24). The highest BCUT2D eigenvalue weighted by Gasteiger charge is 2.24. The Labute approximate surface area is 154 Å². The normalized spacial score (nSPS) is 19.5. The van der Waals surface area contributed by atoms with Crippen LogP contribution in [0.1, 0.15) is 49.8 Å². The van der Waals surface area contributed by atoms with Crippen molar-refractivity contribution >= 4 is 23.3 Å². The lowest BCUT2D eigenvalue weighted by molar-refractivity contribution is -0.131. The predicted molar refractivity (Wildman–Crippen MR) is 101 cm³/mol. The number of aryl methyl sites for hydroxylation is 1. The quantitative estimate of drug-likeness (QED) is 0.893. The number of hydrogen-bond acceptors (Lipinski definition) is 3. The summed E-state index contributed by atoms with van der Waals surface area (Å²) in [7, 11) is 0. The van der Waals surface area contributed by atoms with Gasteiger partial charge < -0.3 is 15.1 Å². The summed E-state index contributed by atoms with van der Waals surface area (Å²) in [5, 5.41) is 5.24. The molecule has 0 radical (unpaired) electrons. The molecule has 0 aromatic carbocycles. The molecule has 6 heteroatoms. The third kappa shape index (κ3) is 5.46. The minimum Gasteiger partial charge on any atom is -0.341 e. The maximum Gasteiger partial charge on any atom is 0.317 e. The van der Waals surface area contributed by atoms with Crippen molar-refractivity contribution in [2.45, 2.75) is 57.4 Å². The first kappa shape index (κ1) is 18.2. The van der Waals surface area contributed by atoms with Gasteiger partial charge in [0, 0.05) is 43.5 Å². The number of carbonyl (C=O) groups is 2. The molecule has 1 aliphatic heterocycles. The molecule has 2 aliphatic rings. The van der Waals surface area contributed by atoms with Gasteiger partial charge in [-0.3, -0.25) is 4.79 Å². The summed E-state index contributed by atoms with van der Waals surface area (Å²) in [6, 6.07) is 4.50. The van der Waals surface area contributed by atoms with E-state index in [0.717, 1.165) is 38.8 Å². The van der Waals surface area contributed by atoms with E-state index in [1.807, 2.05) is 15.9 Å². The molecular formula is C19H29N3O2S. The number of thiophene rings is 1. The van der Waals surface area contributed by atoms with Crippen molar-refractivity contribution in [3.63, 3.8) is 0 Å². The van der Waals surface area contributed by atoms with Gasteiger partial charge in [-0.1, -0.05) is 25.3 Å². The van der Waals surface area contributed by atoms with E-state index in [2.05, 4.69) is 16.8 Å². The van der Waals surface area contributed by atoms with E-state index < -0.39 is 0 Å². The summed E-state index contributed by atoms with van der Waals surface area (Å²) in [6.07, 6.45) is 8.18. The molecule has 0 spiro atoms. The average molecular weight is 364 g/mol. The highest BCUT2D eigenvalue weighted by molar-refractivity contribution is 7.09. The first-order chi connectivity index (χ1) is 12.2. The summed E-state index contributed by atoms with van der Waals surface area (Å²) in [5.74, 6) is 0.211. The van der Waals surface area contributed by atoms with Crippen LogP contribution in [0.15, 0.2) is 17.5 Å². The lowest BCUT2D eigenvalue weighted by Crippen LogP contribution is -2.46. The van der Waals surface area contributed by atoms with E-state index in [1.54, 1.807) is 11.3 Å². The number of rotatable bonds is 4. The van der Waals surface area contributed by atoms with E-state index in [-0.39, 0.29) is 11.9 Å². The second kappa shape index (κ2) is 9.22. The number of urea groups is 1. The minimum atomic E-state index is 0.0554. The van der Waals surface area contributed by atoms with Crippen LogP contribution in [-0.2, 0) is 11.2 Å². The van der Waals surface area contributed by atoms with Gasteiger partial charge in [-0.15, -0.1) is 11.3 Å². The fourth-order valence-electron chi connectivity index (χ4n) is 3.73. The number of nitrogens with one attached hydrogen (secondary N) is 1. The zero-order chi connectivity index (χ0) is 17.5. The van der Waals surface area contributed by atoms with Crippen LogP contribution in [0.4, 0.5) is 4.79 Å². The van der Waals surface area contributed by atoms with Crippen LogP contribution in [0.2, 0.25) is 0 Å². The zero-order valence-electron chi connectivity index (χ0n) is 14.9. The summed E-state index contributed by atoms with van der Waals surface area (Å²) < 4.78 is 0. The van der Waals surface area contributed by atoms with Crippen LogP contribution in [0.5, 0.6) is 0 Å². The Kier molecular flexibility index (Phi) is 6.73. The molecule has 1 saturated heterocycles. The molecular weight excluding hydrogens is 334 g/mol. The second-order valence-corrected chi connectivity index (χ2v) is 8.12. The van der Waals surface area contributed by atoms with E-state index in [9.17, 15) is 9.59 Å². The molecule has 0 atom stereocenters. The topological polar surface area (TPSA) is 52.7 Å². The van der Waals surface area contributed by atoms with Crippen LogP contribution >= 0.6 is 11.3 Å². The maximum absolute atomic E-state index is 12.5. The molecule has 1 aromatic rings. The molecule has 138 valence electrons. The van der Waals surface area contributed by atoms with Crippen molar-refractivity contribution in [3.05, 3.63) is 22.4 Å². The van der Waals surface area contributed by atoms with Crippen LogP contribution in [0.25, 0.3) is 0 Å². The molecule has 25 heavy (non-hydrogen) atoms. The van der Waals surface area contributed by atoms with Crippen molar-refractivity contribution in [1.29, 1.82) is 0 Å². The van der Waals surface area contributed by atoms with Gasteiger partial charge in [0.2, 0.25) is 5.91 Å². The Morgan fingerprint density at radius 3 is 2.56 bits per heavy atom. The summed E-state index contributed by atoms with van der Waals surface area (Å²) in [5.41, 5.74) is 0. The summed E-state index contributed by atoms with van der Waals surface area (Å²) >= 11 is 1.70. The highest BCUT2D eigenvalue weighted by Crippen LogP contribution is 2.18. The van der Waals surface area contributed by atoms with Gasteiger partial charge in [-0.05, 0) is 37.1 Å². The van der Waals surface area contributed by atoms with Crippen molar-refractivity contribution in [2.24, 2.45) is 0 Å². The molecule has 2 fully saturated rings. The highest BCUT2D eigenvalue weighted by atomic mass is 32.1. The second-order valence-electron chi connectivity index (χ2n) is 7.09. The van der Waals surface area contributed by atoms with Gasteiger partial charge in [0.15, 0.2) is 0 Å². The number of amides is 3. The number of nitrogens with zero attached hydrogens (tertiary/aromatic N) is 2. The largest absolute Gasteiger partial charge is 0.341 e. The van der Waals surface area contributed by atoms with Crippen molar-refractivity contribution in [1.82, 2.24) is 15.1 Å². The van der Waals surface area contributed by atoms with Gasteiger partial charge >= 0.3 is 6.03 Å². The van der Waals surface area contributed by atoms with Gasteiger partial charge in [-0.25, -0.2) is 4.79 Å². The van der Waals surface area contributed by atoms with E-state index in [4.69, 9.17) is 0 Å². The molecule has 2 heterocycles. The SMILES string of the molecule is O=C(CCc1cccs1)N1CCCN(C(=O)NC2CCCCC2)CC1. The lowest BCUT2D eigenvalue weighted by atomic mass is 9.96. The Bertz CT molecular complexity index is 555. The molecule has 3 amide bonds. The molecule has 5 nitrogen and oxygen atoms in total. The first-order valence-corrected chi connectivity index (χ1v) is 10.5. The molecule has 1 N–H and O–H groups in total. The Morgan fingerprint density at radius 2 is 1.80 bits per heavy atom. The first-order valence-electron chi connectivity index (χ1n) is 9.58. The van der Waals surface area contributed by atoms with Crippen LogP contribution < -0.4 is 5.32 Å². The van der Waals surface area contributed by atoms with Crippen molar-refractivity contribution in [3.8, 4) is 0 Å². The van der Waals surface area contributed by atoms with Gasteiger partial charge in [-0.2, -0.15) is 0 Å². The molecule has 1 aliphatic carbocycles. The Balaban J connectivity index is 1.43. The minimum absolute atomic E-state index is 0.0554. The van der Waals surface area contributed by atoms with Crippen molar-refractivity contribution < 1.29 is 9.59 Å². The summed E-state index contributed by atoms with van der Waals surface area (Å²) in [4.78, 5) is 30.0. The molecule has 1 saturated carbocycles. The average Bonchev–Trinajstić information content (AvgIpc) is 3.02. The third-order valence-electron chi connectivity index (χ3n) is 5.23. The Morgan fingerprint density at radius 1 is 1.04 bits per heavy atom. The zero-order valence-corrected chi connectivity index (χ0v) is 15.7. The van der Waals surface area contributed by atoms with Crippen molar-refractivity contribution in [2.75, 3.05) is 26.2 Å². The van der Waals surface area contributed by atoms with Crippen LogP contribution in [0, 0.1) is 0 Å². The summed E-state index contributed by atoms with van der Waals surface area (Å²) in [6.45, 7) is 2.80. The fraction of sp³-hybridized carbons (Fsp3) is 0.684. The lowest BCUT2D eigenvalue weighted by Gasteiger charge is -2.27. The molecule has 0 unspecified atom stereocenters. The molecule has 1 aromatic heterocycles. The Hall–Kier alpha value is -1.56. The number of hydrogen-bond donors (Lipinski definition) is 1. The fourth-order valence-corrected chi connectivity index (χ4v) is 4.43. The number of carbonyl (C=O) groups excluding carboxylic acids is 2. The predicted octanol–water partition coefficient (Wildman–Crippen LogP) is 3.26. The van der Waals surface area contributed by atoms with E-state index in [0.29, 0.717) is 25.6 Å². The molecule has 3 rings (SSSR count). The van der Waals surface area contributed by atoms with E-state index in [1.165, 1.54) is 24.1 Å².